The van der Waals surface area contributed by atoms with Crippen molar-refractivity contribution in [3.05, 3.63) is 62.8 Å². The highest BCUT2D eigenvalue weighted by Gasteiger charge is 2.16. The van der Waals surface area contributed by atoms with Crippen molar-refractivity contribution < 1.29 is 9.13 Å². The molecule has 20 heavy (non-hydrogen) atoms. The van der Waals surface area contributed by atoms with Gasteiger partial charge in [-0.25, -0.2) is 4.39 Å². The third kappa shape index (κ3) is 3.32. The van der Waals surface area contributed by atoms with Crippen LogP contribution in [0.5, 0.6) is 5.75 Å². The molecule has 0 fully saturated rings. The van der Waals surface area contributed by atoms with Gasteiger partial charge in [0.1, 0.15) is 11.6 Å². The van der Waals surface area contributed by atoms with Crippen molar-refractivity contribution in [3.8, 4) is 5.75 Å². The van der Waals surface area contributed by atoms with Gasteiger partial charge in [0.05, 0.1) is 17.7 Å². The minimum atomic E-state index is -0.485. The molecule has 2 N–H and O–H groups in total. The van der Waals surface area contributed by atoms with E-state index in [4.69, 9.17) is 22.1 Å². The van der Waals surface area contributed by atoms with E-state index in [1.807, 2.05) is 25.1 Å². The van der Waals surface area contributed by atoms with E-state index in [-0.39, 0.29) is 5.02 Å². The average Bonchev–Trinajstić information content (AvgIpc) is 2.43. The van der Waals surface area contributed by atoms with Gasteiger partial charge in [-0.15, -0.1) is 0 Å². The molecule has 0 aliphatic carbocycles. The van der Waals surface area contributed by atoms with Crippen LogP contribution in [0.25, 0.3) is 0 Å². The van der Waals surface area contributed by atoms with Crippen LogP contribution in [0.4, 0.5) is 4.39 Å². The molecule has 5 heteroatoms. The summed E-state index contributed by atoms with van der Waals surface area (Å²) in [5.41, 5.74) is 7.66. The fourth-order valence-corrected chi connectivity index (χ4v) is 2.43. The quantitative estimate of drug-likeness (QED) is 0.860. The van der Waals surface area contributed by atoms with Crippen LogP contribution in [0.2, 0.25) is 5.02 Å². The Kier molecular flexibility index (Phi) is 5.02. The summed E-state index contributed by atoms with van der Waals surface area (Å²) in [5.74, 6) is 0.214. The van der Waals surface area contributed by atoms with Gasteiger partial charge in [0.25, 0.3) is 0 Å². The third-order valence-corrected chi connectivity index (χ3v) is 3.71. The van der Waals surface area contributed by atoms with Gasteiger partial charge >= 0.3 is 0 Å². The van der Waals surface area contributed by atoms with Gasteiger partial charge in [0, 0.05) is 10.0 Å². The number of nitrogens with two attached hydrogens (primary N) is 1. The Labute approximate surface area is 130 Å². The molecule has 1 unspecified atom stereocenters. The Bertz CT molecular complexity index is 621. The van der Waals surface area contributed by atoms with Crippen molar-refractivity contribution in [2.75, 3.05) is 6.61 Å². The van der Waals surface area contributed by atoms with Crippen LogP contribution in [0, 0.1) is 5.82 Å². The van der Waals surface area contributed by atoms with Gasteiger partial charge in [0.15, 0.2) is 0 Å². The number of rotatable bonds is 4. The SMILES string of the molecule is CCOc1ccc(Br)cc1C(N)c1ccc(Cl)c(F)c1. The van der Waals surface area contributed by atoms with Gasteiger partial charge < -0.3 is 10.5 Å². The average molecular weight is 359 g/mol. The summed E-state index contributed by atoms with van der Waals surface area (Å²) in [7, 11) is 0. The molecule has 0 saturated carbocycles. The van der Waals surface area contributed by atoms with Crippen LogP contribution >= 0.6 is 27.5 Å². The number of hydrogen-bond acceptors (Lipinski definition) is 2. The van der Waals surface area contributed by atoms with E-state index < -0.39 is 11.9 Å². The molecule has 0 bridgehead atoms. The van der Waals surface area contributed by atoms with Crippen molar-refractivity contribution in [1.29, 1.82) is 0 Å². The van der Waals surface area contributed by atoms with Gasteiger partial charge in [-0.1, -0.05) is 33.6 Å². The predicted molar refractivity (Wildman–Crippen MR) is 82.8 cm³/mol. The number of ether oxygens (including phenoxy) is 1. The summed E-state index contributed by atoms with van der Waals surface area (Å²) in [6, 6.07) is 9.68. The molecule has 0 aliphatic heterocycles. The predicted octanol–water partition coefficient (Wildman–Crippen LogP) is 4.69. The first-order chi connectivity index (χ1) is 9.52. The summed E-state index contributed by atoms with van der Waals surface area (Å²) < 4.78 is 20.0. The molecule has 2 nitrogen and oxygen atoms in total. The number of halogens is 3. The van der Waals surface area contributed by atoms with E-state index in [1.165, 1.54) is 12.1 Å². The first-order valence-electron chi connectivity index (χ1n) is 6.15. The molecule has 0 radical (unpaired) electrons. The zero-order valence-corrected chi connectivity index (χ0v) is 13.2. The second-order valence-corrected chi connectivity index (χ2v) is 5.59. The Morgan fingerprint density at radius 2 is 2.05 bits per heavy atom. The lowest BCUT2D eigenvalue weighted by Crippen LogP contribution is -2.14. The molecular weight excluding hydrogens is 345 g/mol. The van der Waals surface area contributed by atoms with Crippen LogP contribution < -0.4 is 10.5 Å². The molecule has 106 valence electrons. The first kappa shape index (κ1) is 15.3. The van der Waals surface area contributed by atoms with Crippen molar-refractivity contribution in [1.82, 2.24) is 0 Å². The molecule has 0 aromatic heterocycles. The van der Waals surface area contributed by atoms with Crippen LogP contribution in [0.1, 0.15) is 24.1 Å². The fourth-order valence-electron chi connectivity index (χ4n) is 1.93. The summed E-state index contributed by atoms with van der Waals surface area (Å²) in [6.07, 6.45) is 0. The minimum Gasteiger partial charge on any atom is -0.494 e. The number of hydrogen-bond donors (Lipinski definition) is 1. The van der Waals surface area contributed by atoms with E-state index in [1.54, 1.807) is 6.07 Å². The molecule has 1 atom stereocenters. The lowest BCUT2D eigenvalue weighted by atomic mass is 9.98. The van der Waals surface area contributed by atoms with E-state index in [0.717, 1.165) is 10.0 Å². The molecule has 0 saturated heterocycles. The Morgan fingerprint density at radius 1 is 1.30 bits per heavy atom. The minimum absolute atomic E-state index is 0.0835. The Morgan fingerprint density at radius 3 is 2.70 bits per heavy atom. The zero-order chi connectivity index (χ0) is 14.7. The maximum absolute atomic E-state index is 13.6. The fraction of sp³-hybridized carbons (Fsp3) is 0.200. The molecule has 0 amide bonds. The van der Waals surface area contributed by atoms with Crippen molar-refractivity contribution >= 4 is 27.5 Å². The smallest absolute Gasteiger partial charge is 0.142 e. The molecule has 2 aromatic rings. The normalized spacial score (nSPS) is 12.2. The zero-order valence-electron chi connectivity index (χ0n) is 10.9. The monoisotopic (exact) mass is 357 g/mol. The first-order valence-corrected chi connectivity index (χ1v) is 7.32. The van der Waals surface area contributed by atoms with Crippen molar-refractivity contribution in [2.45, 2.75) is 13.0 Å². The molecule has 0 heterocycles. The largest absolute Gasteiger partial charge is 0.494 e. The topological polar surface area (TPSA) is 35.2 Å². The molecule has 0 aliphatic rings. The van der Waals surface area contributed by atoms with Gasteiger partial charge in [0.2, 0.25) is 0 Å². The van der Waals surface area contributed by atoms with Gasteiger partial charge in [-0.3, -0.25) is 0 Å². The van der Waals surface area contributed by atoms with Crippen LogP contribution in [0.3, 0.4) is 0 Å². The van der Waals surface area contributed by atoms with E-state index >= 15 is 0 Å². The van der Waals surface area contributed by atoms with E-state index in [0.29, 0.717) is 17.9 Å². The summed E-state index contributed by atoms with van der Waals surface area (Å²) in [5, 5.41) is 0.0835. The number of benzene rings is 2. The summed E-state index contributed by atoms with van der Waals surface area (Å²) in [4.78, 5) is 0. The lowest BCUT2D eigenvalue weighted by molar-refractivity contribution is 0.335. The van der Waals surface area contributed by atoms with Gasteiger partial charge in [-0.2, -0.15) is 0 Å². The van der Waals surface area contributed by atoms with Crippen LogP contribution in [-0.2, 0) is 0 Å². The van der Waals surface area contributed by atoms with Crippen LogP contribution in [0.15, 0.2) is 40.9 Å². The maximum Gasteiger partial charge on any atom is 0.142 e. The molecular formula is C15H14BrClFNO. The van der Waals surface area contributed by atoms with Gasteiger partial charge in [-0.05, 0) is 42.8 Å². The van der Waals surface area contributed by atoms with E-state index in [2.05, 4.69) is 15.9 Å². The van der Waals surface area contributed by atoms with Crippen molar-refractivity contribution in [2.24, 2.45) is 5.73 Å². The standard InChI is InChI=1S/C15H14BrClFNO/c1-2-20-14-6-4-10(16)8-11(14)15(19)9-3-5-12(17)13(18)7-9/h3-8,15H,2,19H2,1H3. The Balaban J connectivity index is 2.43. The maximum atomic E-state index is 13.6. The summed E-state index contributed by atoms with van der Waals surface area (Å²) >= 11 is 9.10. The summed E-state index contributed by atoms with van der Waals surface area (Å²) in [6.45, 7) is 2.44. The lowest BCUT2D eigenvalue weighted by Gasteiger charge is -2.17. The molecule has 0 spiro atoms. The Hall–Kier alpha value is -1.10. The van der Waals surface area contributed by atoms with E-state index in [9.17, 15) is 4.39 Å². The highest BCUT2D eigenvalue weighted by atomic mass is 79.9. The van der Waals surface area contributed by atoms with Crippen molar-refractivity contribution in [3.63, 3.8) is 0 Å². The third-order valence-electron chi connectivity index (χ3n) is 2.91. The second-order valence-electron chi connectivity index (χ2n) is 4.27. The molecule has 2 rings (SSSR count). The van der Waals surface area contributed by atoms with Crippen LogP contribution in [-0.4, -0.2) is 6.61 Å². The second kappa shape index (κ2) is 6.57. The molecule has 2 aromatic carbocycles. The highest BCUT2D eigenvalue weighted by Crippen LogP contribution is 2.32. The highest BCUT2D eigenvalue weighted by molar-refractivity contribution is 9.10.